The number of non-ortho nitro benzene ring substituents is 1. The lowest BCUT2D eigenvalue weighted by Crippen LogP contribution is -2.35. The van der Waals surface area contributed by atoms with Crippen LogP contribution in [0.25, 0.3) is 6.08 Å². The van der Waals surface area contributed by atoms with Crippen molar-refractivity contribution >= 4 is 33.4 Å². The van der Waals surface area contributed by atoms with Gasteiger partial charge < -0.3 is 0 Å². The number of carbonyl (C=O) groups is 1. The summed E-state index contributed by atoms with van der Waals surface area (Å²) in [5.41, 5.74) is 1.38. The van der Waals surface area contributed by atoms with Gasteiger partial charge in [0, 0.05) is 18.2 Å². The molecule has 3 aromatic rings. The molecular weight excluding hydrogens is 404 g/mol. The molecule has 0 N–H and O–H groups in total. The summed E-state index contributed by atoms with van der Waals surface area (Å²) in [6.07, 6.45) is 2.43. The monoisotopic (exact) mass is 422 g/mol. The molecule has 0 saturated heterocycles. The van der Waals surface area contributed by atoms with Gasteiger partial charge in [0.25, 0.3) is 21.6 Å². The highest BCUT2D eigenvalue weighted by Crippen LogP contribution is 2.25. The maximum absolute atomic E-state index is 13.2. The number of nitro benzene ring substituents is 1. The molecule has 0 aliphatic carbocycles. The van der Waals surface area contributed by atoms with Gasteiger partial charge in [-0.2, -0.15) is 4.31 Å². The van der Waals surface area contributed by atoms with Crippen molar-refractivity contribution in [1.82, 2.24) is 0 Å². The first-order valence-electron chi connectivity index (χ1n) is 8.92. The first-order valence-corrected chi connectivity index (χ1v) is 10.4. The molecule has 0 spiro atoms. The predicted molar refractivity (Wildman–Crippen MR) is 114 cm³/mol. The summed E-state index contributed by atoms with van der Waals surface area (Å²) in [6, 6.07) is 19.9. The number of anilines is 1. The van der Waals surface area contributed by atoms with Gasteiger partial charge in [-0.15, -0.1) is 0 Å². The minimum Gasteiger partial charge on any atom is -0.268 e. The molecule has 30 heavy (non-hydrogen) atoms. The molecule has 0 atom stereocenters. The molecular formula is C22H18N2O5S. The number of nitro groups is 1. The van der Waals surface area contributed by atoms with Gasteiger partial charge in [-0.3, -0.25) is 14.9 Å². The first kappa shape index (κ1) is 20.9. The van der Waals surface area contributed by atoms with Gasteiger partial charge in [-0.25, -0.2) is 8.42 Å². The molecule has 0 aliphatic rings. The third-order valence-corrected chi connectivity index (χ3v) is 5.99. The van der Waals surface area contributed by atoms with Gasteiger partial charge in [0.1, 0.15) is 0 Å². The fourth-order valence-electron chi connectivity index (χ4n) is 2.74. The van der Waals surface area contributed by atoms with E-state index in [0.29, 0.717) is 5.56 Å². The fourth-order valence-corrected chi connectivity index (χ4v) is 4.15. The fraction of sp³-hybridized carbons (Fsp3) is 0.0455. The third-order valence-electron chi connectivity index (χ3n) is 4.25. The Bertz CT molecular complexity index is 1200. The summed E-state index contributed by atoms with van der Waals surface area (Å²) in [7, 11) is -4.17. The van der Waals surface area contributed by atoms with E-state index < -0.39 is 20.9 Å². The quantitative estimate of drug-likeness (QED) is 0.334. The Kier molecular flexibility index (Phi) is 6.08. The number of benzene rings is 3. The number of hydrogen-bond donors (Lipinski definition) is 0. The molecule has 0 saturated carbocycles. The van der Waals surface area contributed by atoms with Crippen LogP contribution in [0, 0.1) is 17.0 Å². The Morgan fingerprint density at radius 2 is 1.63 bits per heavy atom. The molecule has 1 amide bonds. The van der Waals surface area contributed by atoms with E-state index in [2.05, 4.69) is 0 Å². The minimum absolute atomic E-state index is 0.0253. The van der Waals surface area contributed by atoms with Crippen LogP contribution in [0.15, 0.2) is 89.8 Å². The van der Waals surface area contributed by atoms with E-state index in [1.165, 1.54) is 36.4 Å². The maximum atomic E-state index is 13.2. The molecule has 0 fully saturated rings. The van der Waals surface area contributed by atoms with Crippen LogP contribution in [0.4, 0.5) is 11.4 Å². The highest BCUT2D eigenvalue weighted by atomic mass is 32.2. The lowest BCUT2D eigenvalue weighted by Gasteiger charge is -2.21. The second-order valence-electron chi connectivity index (χ2n) is 6.44. The second-order valence-corrected chi connectivity index (χ2v) is 8.23. The van der Waals surface area contributed by atoms with E-state index in [1.54, 1.807) is 48.5 Å². The number of sulfonamides is 1. The van der Waals surface area contributed by atoms with Gasteiger partial charge >= 0.3 is 0 Å². The molecule has 0 aromatic heterocycles. The van der Waals surface area contributed by atoms with Crippen molar-refractivity contribution in [3.05, 3.63) is 106 Å². The lowest BCUT2D eigenvalue weighted by atomic mass is 10.2. The van der Waals surface area contributed by atoms with E-state index in [9.17, 15) is 23.3 Å². The van der Waals surface area contributed by atoms with Crippen molar-refractivity contribution < 1.29 is 18.1 Å². The molecule has 0 radical (unpaired) electrons. The van der Waals surface area contributed by atoms with Gasteiger partial charge in [0.05, 0.1) is 15.5 Å². The molecule has 0 aliphatic heterocycles. The van der Waals surface area contributed by atoms with Crippen LogP contribution in [0.1, 0.15) is 11.1 Å². The lowest BCUT2D eigenvalue weighted by molar-refractivity contribution is -0.384. The SMILES string of the molecule is Cc1ccc(N(C(=O)/C=C/c2cccc([N+](=O)[O-])c2)S(=O)(=O)c2ccccc2)cc1. The maximum Gasteiger partial charge on any atom is 0.271 e. The van der Waals surface area contributed by atoms with Crippen molar-refractivity contribution in [3.63, 3.8) is 0 Å². The Hall–Kier alpha value is -3.78. The number of aryl methyl sites for hydroxylation is 1. The van der Waals surface area contributed by atoms with E-state index in [1.807, 2.05) is 6.92 Å². The van der Waals surface area contributed by atoms with E-state index >= 15 is 0 Å². The Morgan fingerprint density at radius 3 is 2.27 bits per heavy atom. The molecule has 152 valence electrons. The van der Waals surface area contributed by atoms with Crippen molar-refractivity contribution in [2.75, 3.05) is 4.31 Å². The van der Waals surface area contributed by atoms with Crippen LogP contribution in [0.5, 0.6) is 0 Å². The average Bonchev–Trinajstić information content (AvgIpc) is 2.74. The van der Waals surface area contributed by atoms with Crippen LogP contribution in [0.2, 0.25) is 0 Å². The summed E-state index contributed by atoms with van der Waals surface area (Å²) in [5, 5.41) is 10.9. The van der Waals surface area contributed by atoms with Gasteiger partial charge in [-0.05, 0) is 42.8 Å². The summed E-state index contributed by atoms with van der Waals surface area (Å²) in [6.45, 7) is 1.85. The summed E-state index contributed by atoms with van der Waals surface area (Å²) >= 11 is 0. The van der Waals surface area contributed by atoms with Gasteiger partial charge in [0.2, 0.25) is 0 Å². The largest absolute Gasteiger partial charge is 0.271 e. The first-order chi connectivity index (χ1) is 14.3. The Labute approximate surface area is 174 Å². The standard InChI is InChI=1S/C22H18N2O5S/c1-17-10-13-19(14-11-17)23(30(28,29)21-8-3-2-4-9-21)22(25)15-12-18-6-5-7-20(16-18)24(26)27/h2-16H,1H3/b15-12+. The smallest absolute Gasteiger partial charge is 0.268 e. The van der Waals surface area contributed by atoms with Crippen molar-refractivity contribution in [1.29, 1.82) is 0 Å². The zero-order valence-corrected chi connectivity index (χ0v) is 16.8. The molecule has 8 heteroatoms. The Balaban J connectivity index is 2.02. The van der Waals surface area contributed by atoms with Crippen LogP contribution in [-0.2, 0) is 14.8 Å². The molecule has 3 aromatic carbocycles. The zero-order valence-electron chi connectivity index (χ0n) is 16.0. The van der Waals surface area contributed by atoms with Gasteiger partial charge in [0.15, 0.2) is 0 Å². The average molecular weight is 422 g/mol. The molecule has 3 rings (SSSR count). The van der Waals surface area contributed by atoms with Crippen molar-refractivity contribution in [2.45, 2.75) is 11.8 Å². The highest BCUT2D eigenvalue weighted by molar-refractivity contribution is 7.93. The van der Waals surface area contributed by atoms with Crippen molar-refractivity contribution in [2.24, 2.45) is 0 Å². The normalized spacial score (nSPS) is 11.4. The van der Waals surface area contributed by atoms with Gasteiger partial charge in [-0.1, -0.05) is 48.0 Å². The highest BCUT2D eigenvalue weighted by Gasteiger charge is 2.29. The number of nitrogens with zero attached hydrogens (tertiary/aromatic N) is 2. The minimum atomic E-state index is -4.17. The predicted octanol–water partition coefficient (Wildman–Crippen LogP) is 4.34. The topological polar surface area (TPSA) is 97.6 Å². The third kappa shape index (κ3) is 4.61. The number of amides is 1. The van der Waals surface area contributed by atoms with E-state index in [-0.39, 0.29) is 16.3 Å². The Morgan fingerprint density at radius 1 is 0.967 bits per heavy atom. The van der Waals surface area contributed by atoms with Crippen molar-refractivity contribution in [3.8, 4) is 0 Å². The van der Waals surface area contributed by atoms with Crippen LogP contribution >= 0.6 is 0 Å². The molecule has 7 nitrogen and oxygen atoms in total. The van der Waals surface area contributed by atoms with E-state index in [4.69, 9.17) is 0 Å². The van der Waals surface area contributed by atoms with Crippen LogP contribution < -0.4 is 4.31 Å². The summed E-state index contributed by atoms with van der Waals surface area (Å²) in [5.74, 6) is -0.797. The zero-order chi connectivity index (χ0) is 21.7. The second kappa shape index (κ2) is 8.71. The van der Waals surface area contributed by atoms with Crippen LogP contribution in [-0.4, -0.2) is 19.2 Å². The molecule has 0 bridgehead atoms. The summed E-state index contributed by atoms with van der Waals surface area (Å²) < 4.78 is 27.1. The molecule has 0 heterocycles. The van der Waals surface area contributed by atoms with Crippen LogP contribution in [0.3, 0.4) is 0 Å². The van der Waals surface area contributed by atoms with E-state index in [0.717, 1.165) is 15.9 Å². The number of hydrogen-bond acceptors (Lipinski definition) is 5. The number of rotatable bonds is 6. The summed E-state index contributed by atoms with van der Waals surface area (Å²) in [4.78, 5) is 23.3. The number of carbonyl (C=O) groups excluding carboxylic acids is 1. The molecule has 0 unspecified atom stereocenters.